The van der Waals surface area contributed by atoms with Crippen LogP contribution < -0.4 is 20.7 Å². The van der Waals surface area contributed by atoms with E-state index < -0.39 is 18.0 Å². The molecule has 2 rings (SSSR count). The van der Waals surface area contributed by atoms with Gasteiger partial charge in [0.2, 0.25) is 0 Å². The molecule has 1 unspecified atom stereocenters. The zero-order valence-corrected chi connectivity index (χ0v) is 23.2. The molecule has 0 aliphatic heterocycles. The van der Waals surface area contributed by atoms with E-state index >= 15 is 0 Å². The van der Waals surface area contributed by atoms with Crippen LogP contribution in [0.4, 0.5) is 21.0 Å². The Kier molecular flexibility index (Phi) is 12.2. The number of anilines is 2. The van der Waals surface area contributed by atoms with Crippen molar-refractivity contribution in [3.05, 3.63) is 53.6 Å². The van der Waals surface area contributed by atoms with Crippen LogP contribution in [0.2, 0.25) is 0 Å². The number of carboxylic acids is 1. The normalized spacial score (nSPS) is 11.3. The number of carbonyl (C=O) groups is 4. The van der Waals surface area contributed by atoms with Crippen LogP contribution in [0.1, 0.15) is 30.9 Å². The number of amides is 4. The number of nitrogens with zero attached hydrogens (tertiary/aromatic N) is 2. The van der Waals surface area contributed by atoms with Crippen molar-refractivity contribution in [3.63, 3.8) is 0 Å². The molecule has 0 bridgehead atoms. The molecule has 0 radical (unpaired) electrons. The summed E-state index contributed by atoms with van der Waals surface area (Å²) in [7, 11) is 4.75. The topological polar surface area (TPSA) is 140 Å². The molecule has 0 fully saturated rings. The fourth-order valence-corrected chi connectivity index (χ4v) is 3.84. The third-order valence-corrected chi connectivity index (χ3v) is 6.24. The Bertz CT molecular complexity index is 1160. The van der Waals surface area contributed by atoms with Crippen molar-refractivity contribution in [2.24, 2.45) is 0 Å². The summed E-state index contributed by atoms with van der Waals surface area (Å²) in [6, 6.07) is 11.6. The summed E-state index contributed by atoms with van der Waals surface area (Å²) in [5.74, 6) is -0.517. The van der Waals surface area contributed by atoms with Crippen LogP contribution in [-0.4, -0.2) is 85.6 Å². The number of methoxy groups -OCH3 is 1. The van der Waals surface area contributed by atoms with Gasteiger partial charge in [-0.25, -0.2) is 9.59 Å². The van der Waals surface area contributed by atoms with Crippen molar-refractivity contribution in [1.82, 2.24) is 15.1 Å². The zero-order valence-electron chi connectivity index (χ0n) is 23.2. The minimum atomic E-state index is -0.953. The lowest BCUT2D eigenvalue weighted by Gasteiger charge is -2.29. The minimum Gasteiger partial charge on any atom is -0.495 e. The fraction of sp³-hybridized carbons (Fsp3) is 0.429. The first-order valence-electron chi connectivity index (χ1n) is 12.7. The number of rotatable bonds is 14. The quantitative estimate of drug-likeness (QED) is 0.268. The zero-order chi connectivity index (χ0) is 28.9. The molecular weight excluding hydrogens is 502 g/mol. The Labute approximate surface area is 229 Å². The van der Waals surface area contributed by atoms with Crippen molar-refractivity contribution in [2.75, 3.05) is 51.5 Å². The molecule has 0 aliphatic rings. The largest absolute Gasteiger partial charge is 0.495 e. The van der Waals surface area contributed by atoms with Crippen LogP contribution in [0, 0.1) is 6.92 Å². The summed E-state index contributed by atoms with van der Waals surface area (Å²) in [4.78, 5) is 51.1. The molecule has 39 heavy (non-hydrogen) atoms. The smallest absolute Gasteiger partial charge is 0.323 e. The van der Waals surface area contributed by atoms with Gasteiger partial charge in [-0.1, -0.05) is 24.3 Å². The van der Waals surface area contributed by atoms with E-state index in [4.69, 9.17) is 9.84 Å². The number of aryl methyl sites for hydroxylation is 1. The van der Waals surface area contributed by atoms with Crippen molar-refractivity contribution in [3.8, 4) is 5.75 Å². The van der Waals surface area contributed by atoms with Gasteiger partial charge in [0.05, 0.1) is 25.8 Å². The molecule has 0 spiro atoms. The lowest BCUT2D eigenvalue weighted by atomic mass is 10.1. The van der Waals surface area contributed by atoms with E-state index in [1.165, 1.54) is 16.9 Å². The van der Waals surface area contributed by atoms with Crippen LogP contribution in [0.15, 0.2) is 42.5 Å². The monoisotopic (exact) mass is 541 g/mol. The Balaban J connectivity index is 1.76. The number of aliphatic carboxylic acids is 1. The second-order valence-electron chi connectivity index (χ2n) is 9.44. The van der Waals surface area contributed by atoms with Gasteiger partial charge in [0.25, 0.3) is 0 Å². The molecular formula is C28H39N5O6. The summed E-state index contributed by atoms with van der Waals surface area (Å²) < 4.78 is 5.41. The first-order chi connectivity index (χ1) is 18.5. The molecule has 4 N–H and O–H groups in total. The highest BCUT2D eigenvalue weighted by atomic mass is 16.5. The Morgan fingerprint density at radius 2 is 1.72 bits per heavy atom. The average molecular weight is 542 g/mol. The lowest BCUT2D eigenvalue weighted by Crippen LogP contribution is -2.44. The van der Waals surface area contributed by atoms with Gasteiger partial charge in [-0.15, -0.1) is 0 Å². The predicted molar refractivity (Wildman–Crippen MR) is 151 cm³/mol. The van der Waals surface area contributed by atoms with Gasteiger partial charge in [0.15, 0.2) is 5.78 Å². The van der Waals surface area contributed by atoms with E-state index in [9.17, 15) is 19.2 Å². The molecule has 1 atom stereocenters. The predicted octanol–water partition coefficient (Wildman–Crippen LogP) is 3.59. The van der Waals surface area contributed by atoms with E-state index in [1.807, 2.05) is 31.2 Å². The number of carboxylic acid groups (broad SMARTS) is 1. The highest BCUT2D eigenvalue weighted by molar-refractivity contribution is 6.01. The van der Waals surface area contributed by atoms with Gasteiger partial charge < -0.3 is 35.6 Å². The van der Waals surface area contributed by atoms with E-state index in [2.05, 4.69) is 16.0 Å². The number of carbonyl (C=O) groups excluding carboxylic acids is 3. The number of Topliss-reactive ketones (excluding diaryl/α,β-unsaturated/α-hetero) is 1. The van der Waals surface area contributed by atoms with Gasteiger partial charge >= 0.3 is 18.0 Å². The first kappa shape index (κ1) is 31.1. The number of hydrogen-bond acceptors (Lipinski definition) is 6. The van der Waals surface area contributed by atoms with Crippen LogP contribution in [-0.2, 0) is 16.0 Å². The Morgan fingerprint density at radius 1 is 1.03 bits per heavy atom. The summed E-state index contributed by atoms with van der Waals surface area (Å²) in [6.45, 7) is 4.78. The molecule has 212 valence electrons. The fourth-order valence-electron chi connectivity index (χ4n) is 3.84. The lowest BCUT2D eigenvalue weighted by molar-refractivity contribution is -0.138. The number of hydrogen-bond donors (Lipinski definition) is 4. The number of nitrogens with one attached hydrogen (secondary N) is 3. The molecule has 11 heteroatoms. The van der Waals surface area contributed by atoms with Gasteiger partial charge in [-0.2, -0.15) is 0 Å². The SMILES string of the molecule is COc1cc(CC(=O)CNCCCN(C)C(=O)N(C)C(C)CC(=O)O)ccc1NC(=O)Nc1ccccc1C. The average Bonchev–Trinajstić information content (AvgIpc) is 2.89. The van der Waals surface area contributed by atoms with Crippen molar-refractivity contribution in [2.45, 2.75) is 39.2 Å². The second-order valence-corrected chi connectivity index (χ2v) is 9.44. The molecule has 0 aromatic heterocycles. The maximum atomic E-state index is 12.5. The number of benzene rings is 2. The molecule has 4 amide bonds. The van der Waals surface area contributed by atoms with Crippen LogP contribution >= 0.6 is 0 Å². The second kappa shape index (κ2) is 15.3. The van der Waals surface area contributed by atoms with Gasteiger partial charge in [-0.05, 0) is 56.1 Å². The Morgan fingerprint density at radius 3 is 2.38 bits per heavy atom. The minimum absolute atomic E-state index is 0.0123. The third-order valence-electron chi connectivity index (χ3n) is 6.24. The molecule has 11 nitrogen and oxygen atoms in total. The van der Waals surface area contributed by atoms with Crippen molar-refractivity contribution < 1.29 is 29.0 Å². The number of ether oxygens (including phenoxy) is 1. The van der Waals surface area contributed by atoms with E-state index in [-0.39, 0.29) is 31.2 Å². The van der Waals surface area contributed by atoms with Gasteiger partial charge in [0.1, 0.15) is 5.75 Å². The summed E-state index contributed by atoms with van der Waals surface area (Å²) >= 11 is 0. The van der Waals surface area contributed by atoms with Crippen LogP contribution in [0.25, 0.3) is 0 Å². The van der Waals surface area contributed by atoms with Gasteiger partial charge in [-0.3, -0.25) is 9.59 Å². The molecule has 0 aliphatic carbocycles. The highest BCUT2D eigenvalue weighted by Gasteiger charge is 2.21. The first-order valence-corrected chi connectivity index (χ1v) is 12.7. The maximum Gasteiger partial charge on any atom is 0.323 e. The summed E-state index contributed by atoms with van der Waals surface area (Å²) in [6.07, 6.45) is 0.716. The highest BCUT2D eigenvalue weighted by Crippen LogP contribution is 2.26. The molecule has 0 saturated carbocycles. The Hall–Kier alpha value is -4.12. The molecule has 0 heterocycles. The molecule has 2 aromatic carbocycles. The van der Waals surface area contributed by atoms with Crippen molar-refractivity contribution in [1.29, 1.82) is 0 Å². The number of urea groups is 2. The van der Waals surface area contributed by atoms with Crippen LogP contribution in [0.3, 0.4) is 0 Å². The maximum absolute atomic E-state index is 12.5. The van der Waals surface area contributed by atoms with E-state index in [1.54, 1.807) is 39.2 Å². The standard InChI is InChI=1S/C28H39N5O6/c1-19-9-6-7-10-23(19)30-27(37)31-24-12-11-21(17-25(24)39-5)16-22(34)18-29-13-8-14-32(3)28(38)33(4)20(2)15-26(35)36/h6-7,9-12,17,20,29H,8,13-16,18H2,1-5H3,(H,35,36)(H2,30,31,37). The molecule has 0 saturated heterocycles. The van der Waals surface area contributed by atoms with E-state index in [0.29, 0.717) is 36.6 Å². The number of ketones is 1. The summed E-state index contributed by atoms with van der Waals surface area (Å²) in [5.41, 5.74) is 2.89. The van der Waals surface area contributed by atoms with Crippen molar-refractivity contribution >= 4 is 35.2 Å². The molecule has 2 aromatic rings. The summed E-state index contributed by atoms with van der Waals surface area (Å²) in [5, 5.41) is 17.6. The van der Waals surface area contributed by atoms with Gasteiger partial charge in [0, 0.05) is 38.8 Å². The van der Waals surface area contributed by atoms with E-state index in [0.717, 1.165) is 11.1 Å². The van der Waals surface area contributed by atoms with Crippen LogP contribution in [0.5, 0.6) is 5.75 Å². The third kappa shape index (κ3) is 10.3. The number of para-hydroxylation sites is 1.